The van der Waals surface area contributed by atoms with Gasteiger partial charge in [0.1, 0.15) is 0 Å². The number of aromatic amines is 1. The Hall–Kier alpha value is -3.82. The minimum atomic E-state index is -0.603. The highest BCUT2D eigenvalue weighted by Crippen LogP contribution is 2.38. The monoisotopic (exact) mass is 327 g/mol. The van der Waals surface area contributed by atoms with E-state index < -0.39 is 9.85 Å². The number of nitrogens with zero attached hydrogens (tertiary/aromatic N) is 4. The smallest absolute Gasteiger partial charge is 0.296 e. The van der Waals surface area contributed by atoms with Crippen LogP contribution in [-0.4, -0.2) is 19.9 Å². The van der Waals surface area contributed by atoms with Crippen molar-refractivity contribution < 1.29 is 15.0 Å². The zero-order valence-corrected chi connectivity index (χ0v) is 11.9. The first-order chi connectivity index (χ1) is 11.5. The number of nitro benzene ring substituents is 2. The molecule has 3 aromatic rings. The first-order valence-electron chi connectivity index (χ1n) is 6.61. The van der Waals surface area contributed by atoms with Crippen LogP contribution in [0.1, 0.15) is 0 Å². The number of nitro groups is 2. The van der Waals surface area contributed by atoms with Crippen LogP contribution in [0.5, 0.6) is 5.88 Å². The summed E-state index contributed by atoms with van der Waals surface area (Å²) >= 11 is 0. The molecule has 24 heavy (non-hydrogen) atoms. The van der Waals surface area contributed by atoms with Gasteiger partial charge in [-0.05, 0) is 12.1 Å². The van der Waals surface area contributed by atoms with E-state index >= 15 is 0 Å². The number of para-hydroxylation sites is 1. The van der Waals surface area contributed by atoms with Crippen LogP contribution < -0.4 is 0 Å². The topological polar surface area (TPSA) is 147 Å². The lowest BCUT2D eigenvalue weighted by molar-refractivity contribution is -0.384. The van der Waals surface area contributed by atoms with Gasteiger partial charge in [0.05, 0.1) is 15.4 Å². The maximum atomic E-state index is 11.0. The van der Waals surface area contributed by atoms with Crippen LogP contribution in [0.3, 0.4) is 0 Å². The molecule has 0 bridgehead atoms. The number of aromatic nitrogens is 1. The zero-order chi connectivity index (χ0) is 17.3. The first kappa shape index (κ1) is 15.1. The Balaban J connectivity index is 2.10. The van der Waals surface area contributed by atoms with Crippen molar-refractivity contribution in [3.63, 3.8) is 0 Å². The van der Waals surface area contributed by atoms with Crippen molar-refractivity contribution >= 4 is 33.7 Å². The number of nitrogens with one attached hydrogen (secondary N) is 1. The number of benzene rings is 2. The Bertz CT molecular complexity index is 994. The summed E-state index contributed by atoms with van der Waals surface area (Å²) in [6, 6.07) is 9.66. The van der Waals surface area contributed by atoms with Crippen molar-refractivity contribution in [2.75, 3.05) is 0 Å². The molecule has 3 rings (SSSR count). The molecule has 0 aliphatic heterocycles. The number of azo groups is 1. The van der Waals surface area contributed by atoms with Crippen molar-refractivity contribution in [1.82, 2.24) is 4.98 Å². The van der Waals surface area contributed by atoms with E-state index in [0.717, 1.165) is 0 Å². The van der Waals surface area contributed by atoms with E-state index in [2.05, 4.69) is 15.2 Å². The first-order valence-corrected chi connectivity index (χ1v) is 6.61. The maximum Gasteiger partial charge on any atom is 0.296 e. The molecule has 1 aromatic heterocycles. The molecule has 0 aliphatic rings. The van der Waals surface area contributed by atoms with Gasteiger partial charge in [0.25, 0.3) is 11.4 Å². The van der Waals surface area contributed by atoms with E-state index in [-0.39, 0.29) is 34.0 Å². The van der Waals surface area contributed by atoms with Crippen LogP contribution in [0.15, 0.2) is 52.7 Å². The predicted molar refractivity (Wildman–Crippen MR) is 83.9 cm³/mol. The number of H-pyrrole nitrogens is 1. The fourth-order valence-electron chi connectivity index (χ4n) is 2.17. The average molecular weight is 327 g/mol. The summed E-state index contributed by atoms with van der Waals surface area (Å²) < 4.78 is 0. The van der Waals surface area contributed by atoms with Crippen molar-refractivity contribution in [3.05, 3.63) is 62.7 Å². The molecule has 10 nitrogen and oxygen atoms in total. The summed E-state index contributed by atoms with van der Waals surface area (Å²) in [5, 5.41) is 39.6. The summed E-state index contributed by atoms with van der Waals surface area (Å²) in [4.78, 5) is 23.3. The molecule has 0 saturated carbocycles. The van der Waals surface area contributed by atoms with E-state index in [1.54, 1.807) is 6.07 Å². The van der Waals surface area contributed by atoms with Crippen molar-refractivity contribution in [1.29, 1.82) is 0 Å². The number of non-ortho nitro benzene ring substituents is 1. The molecule has 2 N–H and O–H groups in total. The summed E-state index contributed by atoms with van der Waals surface area (Å²) in [5.41, 5.74) is -0.0293. The second-order valence-corrected chi connectivity index (χ2v) is 4.76. The van der Waals surface area contributed by atoms with Gasteiger partial charge in [-0.15, -0.1) is 10.2 Å². The van der Waals surface area contributed by atoms with E-state index in [1.165, 1.54) is 36.4 Å². The summed E-state index contributed by atoms with van der Waals surface area (Å²) in [6.07, 6.45) is 0. The molecule has 0 amide bonds. The highest BCUT2D eigenvalue weighted by atomic mass is 16.6. The minimum absolute atomic E-state index is 0.00156. The zero-order valence-electron chi connectivity index (χ0n) is 11.9. The molecule has 0 aliphatic carbocycles. The standard InChI is InChI=1S/C14H9N5O5/c20-14-13(9-7-8(18(21)22)5-6-10(9)15-14)17-16-11-3-1-2-4-12(11)19(23)24/h1-7,15,20H. The molecular weight excluding hydrogens is 318 g/mol. The second-order valence-electron chi connectivity index (χ2n) is 4.76. The number of aromatic hydroxyl groups is 1. The highest BCUT2D eigenvalue weighted by Gasteiger charge is 2.16. The molecule has 0 fully saturated rings. The Kier molecular flexibility index (Phi) is 3.62. The normalized spacial score (nSPS) is 11.2. The number of hydrogen-bond donors (Lipinski definition) is 2. The van der Waals surface area contributed by atoms with Gasteiger partial charge in [0.15, 0.2) is 11.4 Å². The van der Waals surface area contributed by atoms with Crippen LogP contribution >= 0.6 is 0 Å². The molecule has 120 valence electrons. The summed E-state index contributed by atoms with van der Waals surface area (Å²) in [7, 11) is 0. The Labute approximate surface area is 133 Å². The lowest BCUT2D eigenvalue weighted by Crippen LogP contribution is -1.87. The SMILES string of the molecule is O=[N+]([O-])c1ccc2[nH]c(O)c(N=Nc3ccccc3[N+](=O)[O-])c2c1. The van der Waals surface area contributed by atoms with Crippen LogP contribution in [0.25, 0.3) is 10.9 Å². The Morgan fingerprint density at radius 3 is 2.46 bits per heavy atom. The summed E-state index contributed by atoms with van der Waals surface area (Å²) in [6.45, 7) is 0. The molecule has 1 heterocycles. The van der Waals surface area contributed by atoms with Gasteiger partial charge in [-0.1, -0.05) is 12.1 Å². The molecule has 0 radical (unpaired) electrons. The quantitative estimate of drug-likeness (QED) is 0.420. The van der Waals surface area contributed by atoms with Gasteiger partial charge >= 0.3 is 0 Å². The molecular formula is C14H9N5O5. The fourth-order valence-corrected chi connectivity index (χ4v) is 2.17. The second kappa shape index (κ2) is 5.76. The van der Waals surface area contributed by atoms with Gasteiger partial charge in [-0.25, -0.2) is 0 Å². The molecule has 0 saturated heterocycles. The third-order valence-electron chi connectivity index (χ3n) is 3.28. The third-order valence-corrected chi connectivity index (χ3v) is 3.28. The van der Waals surface area contributed by atoms with Gasteiger partial charge in [-0.3, -0.25) is 20.2 Å². The van der Waals surface area contributed by atoms with Crippen LogP contribution in [-0.2, 0) is 0 Å². The van der Waals surface area contributed by atoms with Crippen molar-refractivity contribution in [2.45, 2.75) is 0 Å². The van der Waals surface area contributed by atoms with E-state index in [1.807, 2.05) is 0 Å². The van der Waals surface area contributed by atoms with E-state index in [4.69, 9.17) is 0 Å². The molecule has 0 spiro atoms. The third kappa shape index (κ3) is 2.63. The molecule has 0 unspecified atom stereocenters. The van der Waals surface area contributed by atoms with Crippen LogP contribution in [0.2, 0.25) is 0 Å². The predicted octanol–water partition coefficient (Wildman–Crippen LogP) is 4.11. The highest BCUT2D eigenvalue weighted by molar-refractivity contribution is 5.95. The van der Waals surface area contributed by atoms with Crippen molar-refractivity contribution in [2.24, 2.45) is 10.2 Å². The Morgan fingerprint density at radius 1 is 1.00 bits per heavy atom. The molecule has 10 heteroatoms. The van der Waals surface area contributed by atoms with E-state index in [0.29, 0.717) is 5.52 Å². The molecule has 0 atom stereocenters. The van der Waals surface area contributed by atoms with Crippen LogP contribution in [0, 0.1) is 20.2 Å². The molecule has 2 aromatic carbocycles. The average Bonchev–Trinajstić information content (AvgIpc) is 2.87. The number of rotatable bonds is 4. The lowest BCUT2D eigenvalue weighted by Gasteiger charge is -1.96. The minimum Gasteiger partial charge on any atom is -0.493 e. The van der Waals surface area contributed by atoms with Crippen LogP contribution in [0.4, 0.5) is 22.7 Å². The number of fused-ring (bicyclic) bond motifs is 1. The van der Waals surface area contributed by atoms with Gasteiger partial charge in [0.2, 0.25) is 5.88 Å². The Morgan fingerprint density at radius 2 is 1.75 bits per heavy atom. The van der Waals surface area contributed by atoms with Gasteiger partial charge in [-0.2, -0.15) is 0 Å². The summed E-state index contributed by atoms with van der Waals surface area (Å²) in [5.74, 6) is -0.340. The van der Waals surface area contributed by atoms with Gasteiger partial charge < -0.3 is 10.1 Å². The van der Waals surface area contributed by atoms with Crippen molar-refractivity contribution in [3.8, 4) is 5.88 Å². The maximum absolute atomic E-state index is 11.0. The largest absolute Gasteiger partial charge is 0.493 e. The fraction of sp³-hybridized carbons (Fsp3) is 0. The van der Waals surface area contributed by atoms with Gasteiger partial charge in [0, 0.05) is 23.6 Å². The number of hydrogen-bond acceptors (Lipinski definition) is 7. The van der Waals surface area contributed by atoms with E-state index in [9.17, 15) is 25.3 Å². The lowest BCUT2D eigenvalue weighted by atomic mass is 10.2.